The van der Waals surface area contributed by atoms with E-state index in [9.17, 15) is 19.7 Å². The lowest BCUT2D eigenvalue weighted by Crippen LogP contribution is -2.54. The molecule has 3 rings (SSSR count). The monoisotopic (exact) mass is 362 g/mol. The Morgan fingerprint density at radius 2 is 1.92 bits per heavy atom. The van der Waals surface area contributed by atoms with Gasteiger partial charge in [-0.25, -0.2) is 4.39 Å². The van der Waals surface area contributed by atoms with Crippen molar-refractivity contribution in [1.29, 1.82) is 0 Å². The zero-order valence-electron chi connectivity index (χ0n) is 14.5. The van der Waals surface area contributed by atoms with Crippen LogP contribution in [0.5, 0.6) is 5.75 Å². The maximum Gasteiger partial charge on any atom is 0.228 e. The van der Waals surface area contributed by atoms with Crippen molar-refractivity contribution in [3.63, 3.8) is 0 Å². The largest absolute Gasteiger partial charge is 0.462 e. The fourth-order valence-electron chi connectivity index (χ4n) is 3.06. The van der Waals surface area contributed by atoms with Gasteiger partial charge >= 0.3 is 0 Å². The zero-order chi connectivity index (χ0) is 18.7. The van der Waals surface area contributed by atoms with Crippen molar-refractivity contribution in [3.05, 3.63) is 53.8 Å². The minimum atomic E-state index is -1.37. The maximum atomic E-state index is 13.6. The minimum absolute atomic E-state index is 0.131. The van der Waals surface area contributed by atoms with Crippen molar-refractivity contribution in [2.24, 2.45) is 0 Å². The molecule has 0 saturated carbocycles. The fourth-order valence-corrected chi connectivity index (χ4v) is 3.06. The molecular weight excluding hydrogens is 339 g/mol. The van der Waals surface area contributed by atoms with Crippen LogP contribution >= 0.6 is 0 Å². The van der Waals surface area contributed by atoms with E-state index in [0.29, 0.717) is 5.75 Å². The first-order valence-electron chi connectivity index (χ1n) is 8.71. The van der Waals surface area contributed by atoms with Crippen LogP contribution in [-0.4, -0.2) is 46.5 Å². The summed E-state index contributed by atoms with van der Waals surface area (Å²) in [5, 5.41) is 29.3. The smallest absolute Gasteiger partial charge is 0.228 e. The van der Waals surface area contributed by atoms with Gasteiger partial charge in [0.05, 0.1) is 6.61 Å². The molecule has 0 bridgehead atoms. The topological polar surface area (TPSA) is 79.2 Å². The van der Waals surface area contributed by atoms with Crippen LogP contribution in [0.15, 0.2) is 42.5 Å². The van der Waals surface area contributed by atoms with Crippen LogP contribution in [0.4, 0.5) is 4.39 Å². The number of ether oxygens (including phenoxy) is 2. The van der Waals surface area contributed by atoms with Gasteiger partial charge < -0.3 is 24.8 Å². The number of hydrogen-bond donors (Lipinski definition) is 3. The summed E-state index contributed by atoms with van der Waals surface area (Å²) in [6, 6.07) is 11.8. The molecule has 5 nitrogen and oxygen atoms in total. The predicted molar refractivity (Wildman–Crippen MR) is 94.2 cm³/mol. The molecule has 0 aromatic heterocycles. The third kappa shape index (κ3) is 4.04. The van der Waals surface area contributed by atoms with Gasteiger partial charge in [-0.3, -0.25) is 0 Å². The molecule has 26 heavy (non-hydrogen) atoms. The van der Waals surface area contributed by atoms with E-state index in [1.54, 1.807) is 18.2 Å². The summed E-state index contributed by atoms with van der Waals surface area (Å²) in [7, 11) is 0. The number of aryl methyl sites for hydroxylation is 1. The van der Waals surface area contributed by atoms with E-state index in [1.807, 2.05) is 12.1 Å². The molecule has 2 aromatic rings. The van der Waals surface area contributed by atoms with E-state index in [-0.39, 0.29) is 12.4 Å². The Morgan fingerprint density at radius 3 is 2.65 bits per heavy atom. The van der Waals surface area contributed by atoms with Gasteiger partial charge in [-0.15, -0.1) is 0 Å². The Bertz CT molecular complexity index is 751. The molecule has 140 valence electrons. The van der Waals surface area contributed by atoms with Crippen LogP contribution in [0.2, 0.25) is 0 Å². The Kier molecular flexibility index (Phi) is 5.88. The van der Waals surface area contributed by atoms with Crippen molar-refractivity contribution in [2.45, 2.75) is 44.4 Å². The first-order valence-corrected chi connectivity index (χ1v) is 8.71. The number of aliphatic hydroxyl groups excluding tert-OH is 3. The highest BCUT2D eigenvalue weighted by atomic mass is 19.1. The van der Waals surface area contributed by atoms with Crippen LogP contribution in [-0.2, 0) is 11.2 Å². The summed E-state index contributed by atoms with van der Waals surface area (Å²) >= 11 is 0. The van der Waals surface area contributed by atoms with Gasteiger partial charge in [-0.1, -0.05) is 31.5 Å². The average Bonchev–Trinajstić information content (AvgIpc) is 2.63. The average molecular weight is 362 g/mol. The molecule has 6 heteroatoms. The molecule has 1 saturated heterocycles. The van der Waals surface area contributed by atoms with Crippen molar-refractivity contribution in [1.82, 2.24) is 0 Å². The van der Waals surface area contributed by atoms with Crippen LogP contribution in [0, 0.1) is 5.82 Å². The zero-order valence-corrected chi connectivity index (χ0v) is 14.5. The van der Waals surface area contributed by atoms with E-state index < -0.39 is 24.6 Å². The quantitative estimate of drug-likeness (QED) is 0.760. The lowest BCUT2D eigenvalue weighted by atomic mass is 9.96. The number of hydrogen-bond acceptors (Lipinski definition) is 5. The summed E-state index contributed by atoms with van der Waals surface area (Å²) in [4.78, 5) is 0. The van der Waals surface area contributed by atoms with Crippen LogP contribution in [0.1, 0.15) is 18.9 Å². The highest BCUT2D eigenvalue weighted by molar-refractivity contribution is 5.69. The fraction of sp³-hybridized carbons (Fsp3) is 0.400. The van der Waals surface area contributed by atoms with Crippen molar-refractivity contribution >= 4 is 0 Å². The second kappa shape index (κ2) is 8.14. The Labute approximate surface area is 151 Å². The molecule has 0 radical (unpaired) electrons. The summed E-state index contributed by atoms with van der Waals surface area (Å²) in [5.41, 5.74) is 2.64. The van der Waals surface area contributed by atoms with Crippen molar-refractivity contribution < 1.29 is 29.2 Å². The van der Waals surface area contributed by atoms with Gasteiger partial charge in [0.15, 0.2) is 0 Å². The standard InChI is InChI=1S/C20H23FO5/c1-2-4-12-7-8-15(10-16(12)13-5-3-6-14(21)9-13)26-20-19(24)18(23)17(22)11-25-20/h3,5-10,17-20,22-24H,2,4,11H2,1H3/t17-,18-,19+,20?/m1/s1. The first-order chi connectivity index (χ1) is 12.5. The van der Waals surface area contributed by atoms with E-state index in [2.05, 4.69) is 6.92 Å². The number of benzene rings is 2. The number of rotatable bonds is 5. The van der Waals surface area contributed by atoms with Crippen LogP contribution in [0.3, 0.4) is 0 Å². The second-order valence-electron chi connectivity index (χ2n) is 6.45. The van der Waals surface area contributed by atoms with E-state index in [1.165, 1.54) is 12.1 Å². The number of halogens is 1. The van der Waals surface area contributed by atoms with Crippen molar-refractivity contribution in [2.75, 3.05) is 6.61 Å². The number of aliphatic hydroxyl groups is 3. The maximum absolute atomic E-state index is 13.6. The molecule has 1 unspecified atom stereocenters. The highest BCUT2D eigenvalue weighted by Gasteiger charge is 2.39. The highest BCUT2D eigenvalue weighted by Crippen LogP contribution is 2.31. The minimum Gasteiger partial charge on any atom is -0.462 e. The molecule has 2 aromatic carbocycles. The Hall–Kier alpha value is -1.99. The molecule has 1 heterocycles. The lowest BCUT2D eigenvalue weighted by Gasteiger charge is -2.35. The molecule has 0 aliphatic carbocycles. The van der Waals surface area contributed by atoms with Gasteiger partial charge in [0, 0.05) is 0 Å². The third-order valence-electron chi connectivity index (χ3n) is 4.44. The summed E-state index contributed by atoms with van der Waals surface area (Å²) in [5.74, 6) is 0.108. The lowest BCUT2D eigenvalue weighted by molar-refractivity contribution is -0.242. The summed E-state index contributed by atoms with van der Waals surface area (Å²) in [6.45, 7) is 1.94. The van der Waals surface area contributed by atoms with E-state index in [0.717, 1.165) is 29.5 Å². The van der Waals surface area contributed by atoms with E-state index >= 15 is 0 Å². The molecule has 1 fully saturated rings. The molecule has 1 aliphatic heterocycles. The van der Waals surface area contributed by atoms with E-state index in [4.69, 9.17) is 9.47 Å². The SMILES string of the molecule is CCCc1ccc(OC2OC[C@@H](O)[C@@H](O)[C@@H]2O)cc1-c1cccc(F)c1. The van der Waals surface area contributed by atoms with Gasteiger partial charge in [0.2, 0.25) is 6.29 Å². The Morgan fingerprint density at radius 1 is 1.12 bits per heavy atom. The van der Waals surface area contributed by atoms with Crippen molar-refractivity contribution in [3.8, 4) is 16.9 Å². The first kappa shape index (κ1) is 18.8. The molecule has 0 spiro atoms. The van der Waals surface area contributed by atoms with Gasteiger partial charge in [0.25, 0.3) is 0 Å². The molecule has 1 aliphatic rings. The molecule has 3 N–H and O–H groups in total. The van der Waals surface area contributed by atoms with Crippen LogP contribution in [0.25, 0.3) is 11.1 Å². The normalized spacial score (nSPS) is 25.9. The second-order valence-corrected chi connectivity index (χ2v) is 6.45. The Balaban J connectivity index is 1.88. The predicted octanol–water partition coefficient (Wildman–Crippen LogP) is 2.26. The molecule has 4 atom stereocenters. The third-order valence-corrected chi connectivity index (χ3v) is 4.44. The molecular formula is C20H23FO5. The van der Waals surface area contributed by atoms with Crippen LogP contribution < -0.4 is 4.74 Å². The van der Waals surface area contributed by atoms with Gasteiger partial charge in [-0.2, -0.15) is 0 Å². The summed E-state index contributed by atoms with van der Waals surface area (Å²) in [6.07, 6.45) is -3.18. The molecule has 0 amide bonds. The summed E-state index contributed by atoms with van der Waals surface area (Å²) < 4.78 is 24.6. The van der Waals surface area contributed by atoms with Gasteiger partial charge in [0.1, 0.15) is 29.9 Å². The van der Waals surface area contributed by atoms with Gasteiger partial charge in [-0.05, 0) is 47.4 Å².